The molecule has 18 heavy (non-hydrogen) atoms. The number of rotatable bonds is 9. The monoisotopic (exact) mass is 382 g/mol. The van der Waals surface area contributed by atoms with Gasteiger partial charge in [-0.2, -0.15) is 37.9 Å². The highest BCUT2D eigenvalue weighted by Gasteiger charge is 2.36. The molecule has 0 bridgehead atoms. The van der Waals surface area contributed by atoms with Gasteiger partial charge in [-0.25, -0.2) is 0 Å². The third kappa shape index (κ3) is 10.2. The zero-order valence-corrected chi connectivity index (χ0v) is 16.9. The van der Waals surface area contributed by atoms with Crippen LogP contribution in [0.2, 0.25) is 0 Å². The van der Waals surface area contributed by atoms with Gasteiger partial charge in [0.25, 0.3) is 0 Å². The van der Waals surface area contributed by atoms with Crippen molar-refractivity contribution in [3.8, 4) is 0 Å². The molecule has 0 fully saturated rings. The number of aliphatic hydroxyl groups excluding tert-OH is 1. The van der Waals surface area contributed by atoms with E-state index < -0.39 is 0 Å². The maximum absolute atomic E-state index is 9.50. The predicted molar refractivity (Wildman–Crippen MR) is 105 cm³/mol. The van der Waals surface area contributed by atoms with Crippen LogP contribution in [-0.4, -0.2) is 33.5 Å². The Balaban J connectivity index is 4.85. The molecule has 8 heteroatoms. The molecule has 0 amide bonds. The summed E-state index contributed by atoms with van der Waals surface area (Å²) in [4.78, 5) is 0. The van der Waals surface area contributed by atoms with E-state index in [0.717, 1.165) is 5.75 Å². The Kier molecular flexibility index (Phi) is 11.6. The second-order valence-electron chi connectivity index (χ2n) is 3.74. The van der Waals surface area contributed by atoms with E-state index in [9.17, 15) is 5.11 Å². The zero-order valence-electron chi connectivity index (χ0n) is 10.9. The van der Waals surface area contributed by atoms with E-state index in [1.165, 1.54) is 0 Å². The molecule has 4 atom stereocenters. The maximum atomic E-state index is 9.50. The van der Waals surface area contributed by atoms with Crippen molar-refractivity contribution in [2.24, 2.45) is 0 Å². The zero-order chi connectivity index (χ0) is 14.3. The lowest BCUT2D eigenvalue weighted by molar-refractivity contribution is 0.284. The van der Waals surface area contributed by atoms with E-state index >= 15 is 0 Å². The minimum Gasteiger partial charge on any atom is -0.383 e. The molecule has 0 spiro atoms. The summed E-state index contributed by atoms with van der Waals surface area (Å²) >= 11 is 20.5. The average molecular weight is 383 g/mol. The van der Waals surface area contributed by atoms with Crippen molar-refractivity contribution < 1.29 is 5.11 Å². The Morgan fingerprint density at radius 2 is 1.22 bits per heavy atom. The third-order valence-corrected chi connectivity index (χ3v) is 8.40. The van der Waals surface area contributed by atoms with Gasteiger partial charge in [-0.15, -0.1) is 47.0 Å². The molecule has 1 nitrogen and oxygen atoms in total. The van der Waals surface area contributed by atoms with Gasteiger partial charge in [-0.1, -0.05) is 0 Å². The molecule has 0 radical (unpaired) electrons. The molecule has 110 valence electrons. The quantitative estimate of drug-likeness (QED) is 0.340. The van der Waals surface area contributed by atoms with E-state index in [4.69, 9.17) is 0 Å². The Hall–Kier alpha value is 2.41. The Morgan fingerprint density at radius 3 is 1.44 bits per heavy atom. The van der Waals surface area contributed by atoms with Crippen LogP contribution >= 0.6 is 84.9 Å². The molecule has 0 aliphatic heterocycles. The first-order valence-corrected chi connectivity index (χ1v) is 10.8. The van der Waals surface area contributed by atoms with Crippen molar-refractivity contribution in [3.05, 3.63) is 0 Å². The molecule has 0 aromatic rings. The van der Waals surface area contributed by atoms with Gasteiger partial charge < -0.3 is 5.11 Å². The van der Waals surface area contributed by atoms with Crippen LogP contribution in [0, 0.1) is 0 Å². The molecular weight excluding hydrogens is 361 g/mol. The second-order valence-corrected chi connectivity index (χ2v) is 14.1. The van der Waals surface area contributed by atoms with Gasteiger partial charge in [0.15, 0.2) is 0 Å². The van der Waals surface area contributed by atoms with Crippen LogP contribution in [-0.2, 0) is 0 Å². The molecule has 4 unspecified atom stereocenters. The van der Waals surface area contributed by atoms with E-state index in [1.54, 1.807) is 54.0 Å². The van der Waals surface area contributed by atoms with E-state index in [2.05, 4.69) is 58.7 Å². The first kappa shape index (κ1) is 20.4. The number of thioether (sulfide) groups is 4. The smallest absolute Gasteiger partial charge is 0.119 e. The molecule has 0 aliphatic rings. The molecular formula is C10H22OS7. The Morgan fingerprint density at radius 1 is 0.889 bits per heavy atom. The number of hydrogen-bond donors (Lipinski definition) is 4. The Labute approximate surface area is 145 Å². The second kappa shape index (κ2) is 10.2. The number of hydrogen-bond acceptors (Lipinski definition) is 8. The van der Waals surface area contributed by atoms with Gasteiger partial charge in [0.05, 0.1) is 5.44 Å². The third-order valence-electron chi connectivity index (χ3n) is 1.55. The van der Waals surface area contributed by atoms with Crippen molar-refractivity contribution in [2.45, 2.75) is 50.3 Å². The lowest BCUT2D eigenvalue weighted by Gasteiger charge is -2.35. The highest BCUT2D eigenvalue weighted by atomic mass is 32.3. The summed E-state index contributed by atoms with van der Waals surface area (Å²) in [5.41, 5.74) is -0.355. The average Bonchev–Trinajstić information content (AvgIpc) is 2.11. The van der Waals surface area contributed by atoms with Crippen LogP contribution in [0.15, 0.2) is 0 Å². The summed E-state index contributed by atoms with van der Waals surface area (Å²) in [6.07, 6.45) is 0. The summed E-state index contributed by atoms with van der Waals surface area (Å²) in [6.45, 7) is 8.02. The molecule has 0 aromatic heterocycles. The van der Waals surface area contributed by atoms with Crippen molar-refractivity contribution in [1.82, 2.24) is 0 Å². The van der Waals surface area contributed by atoms with Crippen molar-refractivity contribution in [1.29, 1.82) is 0 Å². The summed E-state index contributed by atoms with van der Waals surface area (Å²) < 4.78 is 0.627. The molecule has 0 heterocycles. The molecule has 1 N–H and O–H groups in total. The van der Waals surface area contributed by atoms with Crippen LogP contribution in [0.3, 0.4) is 0 Å². The van der Waals surface area contributed by atoms with Gasteiger partial charge in [0.1, 0.15) is 3.41 Å². The van der Waals surface area contributed by atoms with Gasteiger partial charge in [0.2, 0.25) is 0 Å². The van der Waals surface area contributed by atoms with E-state index in [-0.39, 0.29) is 22.6 Å². The first-order chi connectivity index (χ1) is 8.17. The van der Waals surface area contributed by atoms with Gasteiger partial charge >= 0.3 is 0 Å². The first-order valence-electron chi connectivity index (χ1n) is 5.54. The lowest BCUT2D eigenvalue weighted by atomic mass is 10.9. The fourth-order valence-electron chi connectivity index (χ4n) is 1.19. The van der Waals surface area contributed by atoms with Crippen molar-refractivity contribution in [3.63, 3.8) is 0 Å². The number of aliphatic hydroxyl groups is 1. The fraction of sp³-hybridized carbons (Fsp3) is 1.00. The van der Waals surface area contributed by atoms with Crippen LogP contribution in [0.5, 0.6) is 0 Å². The summed E-state index contributed by atoms with van der Waals surface area (Å²) in [5.74, 6) is 0.839. The summed E-state index contributed by atoms with van der Waals surface area (Å²) in [6, 6.07) is 0. The molecule has 0 aromatic carbocycles. The van der Waals surface area contributed by atoms with Crippen LogP contribution in [0.4, 0.5) is 0 Å². The Bertz CT molecular complexity index is 194. The predicted octanol–water partition coefficient (Wildman–Crippen LogP) is 4.74. The minimum absolute atomic E-state index is 0.0782. The van der Waals surface area contributed by atoms with Crippen LogP contribution in [0.1, 0.15) is 27.7 Å². The van der Waals surface area contributed by atoms with Gasteiger partial charge in [-0.3, -0.25) is 0 Å². The summed E-state index contributed by atoms with van der Waals surface area (Å²) in [5, 5.41) is 9.50. The lowest BCUT2D eigenvalue weighted by Crippen LogP contribution is -2.25. The van der Waals surface area contributed by atoms with Crippen molar-refractivity contribution in [2.75, 3.05) is 5.75 Å². The highest BCUT2D eigenvalue weighted by molar-refractivity contribution is 8.39. The van der Waals surface area contributed by atoms with Gasteiger partial charge in [-0.05, 0) is 27.7 Å². The SMILES string of the molecule is CC(O)SCC(SC(C)S)(SC(C)S)SC(C)S. The molecule has 0 aliphatic carbocycles. The fourth-order valence-corrected chi connectivity index (χ4v) is 10.8. The van der Waals surface area contributed by atoms with E-state index in [1.807, 2.05) is 0 Å². The minimum atomic E-state index is -0.355. The van der Waals surface area contributed by atoms with Crippen LogP contribution in [0.25, 0.3) is 0 Å². The standard InChI is InChI=1S/C10H22OS7/c1-6(11)15-5-10(16-7(2)12,17-8(3)13)18-9(4)14/h6-9,11-14H,5H2,1-4H3. The highest BCUT2D eigenvalue weighted by Crippen LogP contribution is 2.55. The summed E-state index contributed by atoms with van der Waals surface area (Å²) in [7, 11) is 0. The molecule has 0 saturated carbocycles. The van der Waals surface area contributed by atoms with Gasteiger partial charge in [0, 0.05) is 19.5 Å². The maximum Gasteiger partial charge on any atom is 0.119 e. The normalized spacial score (nSPS) is 22.0. The van der Waals surface area contributed by atoms with Crippen LogP contribution < -0.4 is 0 Å². The number of thiol groups is 3. The largest absolute Gasteiger partial charge is 0.383 e. The topological polar surface area (TPSA) is 20.2 Å². The van der Waals surface area contributed by atoms with E-state index in [0.29, 0.717) is 0 Å². The molecule has 0 rings (SSSR count). The molecule has 0 saturated heterocycles. The van der Waals surface area contributed by atoms with Crippen molar-refractivity contribution >= 4 is 84.9 Å².